The predicted octanol–water partition coefficient (Wildman–Crippen LogP) is 1.55. The molecule has 1 saturated heterocycles. The molecule has 24 heavy (non-hydrogen) atoms. The maximum atomic E-state index is 12.1. The van der Waals surface area contributed by atoms with E-state index in [2.05, 4.69) is 36.0 Å². The number of amides is 1. The Hall–Kier alpha value is -1.40. The van der Waals surface area contributed by atoms with E-state index in [4.69, 9.17) is 0 Å². The molecular weight excluding hydrogens is 304 g/mol. The summed E-state index contributed by atoms with van der Waals surface area (Å²) in [6.07, 6.45) is 5.97. The maximum absolute atomic E-state index is 12.1. The molecule has 6 heteroatoms. The van der Waals surface area contributed by atoms with E-state index in [9.17, 15) is 9.90 Å². The molecule has 0 saturated carbocycles. The van der Waals surface area contributed by atoms with E-state index in [1.165, 1.54) is 0 Å². The first-order valence-electron chi connectivity index (χ1n) is 8.88. The summed E-state index contributed by atoms with van der Waals surface area (Å²) < 4.78 is 1.88. The fourth-order valence-electron chi connectivity index (χ4n) is 2.97. The number of hydrogen-bond acceptors (Lipinski definition) is 4. The van der Waals surface area contributed by atoms with E-state index in [1.54, 1.807) is 6.33 Å². The number of hydrogen-bond donors (Lipinski definition) is 2. The highest BCUT2D eigenvalue weighted by atomic mass is 16.3. The quantitative estimate of drug-likeness (QED) is 0.827. The highest BCUT2D eigenvalue weighted by Crippen LogP contribution is 2.24. The van der Waals surface area contributed by atoms with Crippen LogP contribution in [-0.2, 0) is 18.4 Å². The second kappa shape index (κ2) is 8.12. The van der Waals surface area contributed by atoms with Crippen molar-refractivity contribution in [2.45, 2.75) is 52.7 Å². The van der Waals surface area contributed by atoms with Crippen LogP contribution in [0.2, 0.25) is 0 Å². The molecule has 1 fully saturated rings. The first-order valence-corrected chi connectivity index (χ1v) is 8.88. The molecule has 0 aliphatic carbocycles. The van der Waals surface area contributed by atoms with Gasteiger partial charge in [0.05, 0.1) is 24.7 Å². The van der Waals surface area contributed by atoms with Crippen LogP contribution in [0.15, 0.2) is 12.5 Å². The van der Waals surface area contributed by atoms with Gasteiger partial charge in [-0.15, -0.1) is 0 Å². The lowest BCUT2D eigenvalue weighted by Crippen LogP contribution is -2.43. The number of imidazole rings is 1. The van der Waals surface area contributed by atoms with Crippen molar-refractivity contribution in [3.8, 4) is 0 Å². The van der Waals surface area contributed by atoms with Crippen LogP contribution in [0.25, 0.3) is 0 Å². The molecule has 2 heterocycles. The van der Waals surface area contributed by atoms with E-state index in [0.29, 0.717) is 18.9 Å². The van der Waals surface area contributed by atoms with Gasteiger partial charge in [-0.05, 0) is 37.3 Å². The summed E-state index contributed by atoms with van der Waals surface area (Å²) in [4.78, 5) is 18.6. The normalized spacial score (nSPS) is 18.5. The number of aliphatic hydroxyl groups excluding tert-OH is 1. The van der Waals surface area contributed by atoms with Gasteiger partial charge in [-0.25, -0.2) is 4.98 Å². The minimum Gasteiger partial charge on any atom is -0.391 e. The lowest BCUT2D eigenvalue weighted by molar-refractivity contribution is -0.122. The molecule has 136 valence electrons. The molecule has 0 bridgehead atoms. The molecule has 0 radical (unpaired) electrons. The zero-order valence-corrected chi connectivity index (χ0v) is 15.5. The third kappa shape index (κ3) is 5.91. The van der Waals surface area contributed by atoms with Crippen molar-refractivity contribution in [2.75, 3.05) is 19.6 Å². The molecule has 0 aromatic carbocycles. The number of aliphatic hydroxyl groups is 1. The first kappa shape index (κ1) is 18.9. The lowest BCUT2D eigenvalue weighted by atomic mass is 9.87. The number of aromatic nitrogens is 2. The number of nitrogens with one attached hydrogen (secondary N) is 1. The predicted molar refractivity (Wildman–Crippen MR) is 94.3 cm³/mol. The molecule has 1 atom stereocenters. The van der Waals surface area contributed by atoms with Crippen molar-refractivity contribution < 1.29 is 9.90 Å². The van der Waals surface area contributed by atoms with E-state index in [-0.39, 0.29) is 17.4 Å². The van der Waals surface area contributed by atoms with Crippen LogP contribution in [-0.4, -0.2) is 51.2 Å². The number of nitrogens with zero attached hydrogens (tertiary/aromatic N) is 3. The van der Waals surface area contributed by atoms with Gasteiger partial charge in [0.25, 0.3) is 0 Å². The van der Waals surface area contributed by atoms with Crippen LogP contribution in [0.1, 0.15) is 45.7 Å². The van der Waals surface area contributed by atoms with Gasteiger partial charge in [0, 0.05) is 26.2 Å². The summed E-state index contributed by atoms with van der Waals surface area (Å²) >= 11 is 0. The summed E-state index contributed by atoms with van der Waals surface area (Å²) in [7, 11) is 1.92. The van der Waals surface area contributed by atoms with Crippen LogP contribution in [0.4, 0.5) is 0 Å². The highest BCUT2D eigenvalue weighted by Gasteiger charge is 2.27. The molecule has 1 unspecified atom stereocenters. The number of likely N-dealkylation sites (tertiary alicyclic amines) is 1. The van der Waals surface area contributed by atoms with Crippen molar-refractivity contribution in [2.24, 2.45) is 18.4 Å². The van der Waals surface area contributed by atoms with Crippen molar-refractivity contribution in [3.63, 3.8) is 0 Å². The molecule has 1 aromatic heterocycles. The first-order chi connectivity index (χ1) is 11.2. The van der Waals surface area contributed by atoms with E-state index < -0.39 is 0 Å². The Bertz CT molecular complexity index is 527. The van der Waals surface area contributed by atoms with Crippen molar-refractivity contribution in [1.29, 1.82) is 0 Å². The Morgan fingerprint density at radius 2 is 2.08 bits per heavy atom. The number of rotatable bonds is 6. The summed E-state index contributed by atoms with van der Waals surface area (Å²) in [6, 6.07) is 0. The van der Waals surface area contributed by atoms with E-state index in [1.807, 2.05) is 17.8 Å². The molecule has 1 aliphatic rings. The Labute approximate surface area is 145 Å². The zero-order chi connectivity index (χ0) is 17.7. The van der Waals surface area contributed by atoms with Gasteiger partial charge in [-0.3, -0.25) is 4.79 Å². The second-order valence-corrected chi connectivity index (χ2v) is 8.14. The third-order valence-corrected chi connectivity index (χ3v) is 4.84. The van der Waals surface area contributed by atoms with Crippen LogP contribution in [0.5, 0.6) is 0 Å². The van der Waals surface area contributed by atoms with Crippen molar-refractivity contribution in [3.05, 3.63) is 18.2 Å². The minimum absolute atomic E-state index is 0.0811. The number of β-amino-alcohol motifs (C(OH)–C–C–N with tert-alkyl or cyclic N) is 1. The fraction of sp³-hybridized carbons (Fsp3) is 0.778. The van der Waals surface area contributed by atoms with Crippen LogP contribution >= 0.6 is 0 Å². The lowest BCUT2D eigenvalue weighted by Gasteiger charge is -2.36. The van der Waals surface area contributed by atoms with Crippen molar-refractivity contribution >= 4 is 5.91 Å². The number of carbonyl (C=O) groups excluding carboxylic acids is 1. The maximum Gasteiger partial charge on any atom is 0.220 e. The number of piperidine rings is 1. The van der Waals surface area contributed by atoms with Gasteiger partial charge in [0.1, 0.15) is 0 Å². The zero-order valence-electron chi connectivity index (χ0n) is 15.5. The second-order valence-electron chi connectivity index (χ2n) is 8.14. The largest absolute Gasteiger partial charge is 0.391 e. The molecule has 2 N–H and O–H groups in total. The topological polar surface area (TPSA) is 70.4 Å². The molecule has 1 aromatic rings. The molecule has 1 aliphatic heterocycles. The Balaban J connectivity index is 1.66. The molecular formula is C18H32N4O2. The van der Waals surface area contributed by atoms with Crippen LogP contribution in [0.3, 0.4) is 0 Å². The van der Waals surface area contributed by atoms with Gasteiger partial charge in [0.15, 0.2) is 0 Å². The Morgan fingerprint density at radius 1 is 1.42 bits per heavy atom. The fourth-order valence-corrected chi connectivity index (χ4v) is 2.97. The third-order valence-electron chi connectivity index (χ3n) is 4.84. The van der Waals surface area contributed by atoms with Crippen molar-refractivity contribution in [1.82, 2.24) is 19.8 Å². The SMILES string of the molecule is Cn1cnc(CNC(=O)CC2CCN(CC(O)C(C)(C)C)CC2)c1. The summed E-state index contributed by atoms with van der Waals surface area (Å²) in [5, 5.41) is 13.2. The van der Waals surface area contributed by atoms with Gasteiger partial charge >= 0.3 is 0 Å². The smallest absolute Gasteiger partial charge is 0.220 e. The number of carbonyl (C=O) groups is 1. The highest BCUT2D eigenvalue weighted by molar-refractivity contribution is 5.76. The average Bonchev–Trinajstić information content (AvgIpc) is 2.92. The molecule has 6 nitrogen and oxygen atoms in total. The standard InChI is InChI=1S/C18H32N4O2/c1-18(2,3)16(23)12-22-7-5-14(6-8-22)9-17(24)19-10-15-11-21(4)13-20-15/h11,13-14,16,23H,5-10,12H2,1-4H3,(H,19,24). The monoisotopic (exact) mass is 336 g/mol. The molecule has 1 amide bonds. The number of aryl methyl sites for hydroxylation is 1. The Kier molecular flexibility index (Phi) is 6.40. The molecule has 0 spiro atoms. The van der Waals surface area contributed by atoms with Gasteiger partial charge < -0.3 is 19.9 Å². The molecule has 2 rings (SSSR count). The summed E-state index contributed by atoms with van der Waals surface area (Å²) in [6.45, 7) is 9.35. The van der Waals surface area contributed by atoms with E-state index >= 15 is 0 Å². The average molecular weight is 336 g/mol. The van der Waals surface area contributed by atoms with Gasteiger partial charge in [-0.2, -0.15) is 0 Å². The van der Waals surface area contributed by atoms with E-state index in [0.717, 1.165) is 38.2 Å². The Morgan fingerprint density at radius 3 is 2.62 bits per heavy atom. The summed E-state index contributed by atoms with van der Waals surface area (Å²) in [5.41, 5.74) is 0.805. The van der Waals surface area contributed by atoms with Crippen LogP contribution < -0.4 is 5.32 Å². The van der Waals surface area contributed by atoms with Crippen LogP contribution in [0, 0.1) is 11.3 Å². The van der Waals surface area contributed by atoms with Gasteiger partial charge in [0.2, 0.25) is 5.91 Å². The minimum atomic E-state index is -0.310. The van der Waals surface area contributed by atoms with Gasteiger partial charge in [-0.1, -0.05) is 20.8 Å². The summed E-state index contributed by atoms with van der Waals surface area (Å²) in [5.74, 6) is 0.547.